The van der Waals surface area contributed by atoms with Crippen LogP contribution in [0.1, 0.15) is 6.42 Å². The lowest BCUT2D eigenvalue weighted by Crippen LogP contribution is -2.37. The summed E-state index contributed by atoms with van der Waals surface area (Å²) >= 11 is 4.23. The molecule has 5 heteroatoms. The largest absolute Gasteiger partial charge is 0.396 e. The van der Waals surface area contributed by atoms with Crippen LogP contribution in [-0.4, -0.2) is 42.2 Å². The van der Waals surface area contributed by atoms with Gasteiger partial charge >= 0.3 is 0 Å². The van der Waals surface area contributed by atoms with Gasteiger partial charge in [0, 0.05) is 17.9 Å². The van der Waals surface area contributed by atoms with Crippen molar-refractivity contribution in [3.05, 3.63) is 0 Å². The summed E-state index contributed by atoms with van der Waals surface area (Å²) in [6.45, 7) is 0.114. The number of aliphatic hydroxyl groups excluding tert-OH is 2. The van der Waals surface area contributed by atoms with Gasteiger partial charge < -0.3 is 15.4 Å². The molecule has 0 aromatic rings. The summed E-state index contributed by atoms with van der Waals surface area (Å²) in [5.41, 5.74) is 0. The molecule has 0 bridgehead atoms. The van der Waals surface area contributed by atoms with E-state index in [2.05, 4.69) is 17.9 Å². The number of hydrogen-bond acceptors (Lipinski definition) is 4. The van der Waals surface area contributed by atoms with Gasteiger partial charge in [-0.05, 0) is 12.3 Å². The van der Waals surface area contributed by atoms with Crippen LogP contribution in [-0.2, 0) is 0 Å². The van der Waals surface area contributed by atoms with Crippen LogP contribution in [0.25, 0.3) is 0 Å². The lowest BCUT2D eigenvalue weighted by molar-refractivity contribution is 0.155. The Labute approximate surface area is 73.0 Å². The van der Waals surface area contributed by atoms with Gasteiger partial charge in [-0.2, -0.15) is 12.6 Å². The molecule has 1 aliphatic carbocycles. The molecule has 1 rings (SSSR count). The van der Waals surface area contributed by atoms with E-state index >= 15 is 0 Å². The minimum absolute atomic E-state index is 0.0857. The molecule has 1 aliphatic rings. The summed E-state index contributed by atoms with van der Waals surface area (Å²) in [5, 5.41) is 21.3. The molecule has 0 heterocycles. The van der Waals surface area contributed by atoms with E-state index in [1.807, 2.05) is 7.98 Å². The maximum absolute atomic E-state index is 9.51. The summed E-state index contributed by atoms with van der Waals surface area (Å²) in [7, 11) is 1.81. The fourth-order valence-corrected chi connectivity index (χ4v) is 2.02. The van der Waals surface area contributed by atoms with E-state index in [4.69, 9.17) is 5.11 Å². The molecule has 0 amide bonds. The average Bonchev–Trinajstić information content (AvgIpc) is 2.30. The Morgan fingerprint density at radius 3 is 2.55 bits per heavy atom. The summed E-state index contributed by atoms with van der Waals surface area (Å²) in [6, 6.07) is 0.0923. The van der Waals surface area contributed by atoms with Crippen molar-refractivity contribution >= 4 is 20.6 Å². The molecule has 1 unspecified atom stereocenters. The molecule has 1 saturated carbocycles. The standard InChI is InChI=1S/C6H14BNO2S/c7-8-4-1-3(2-9)6(11)5(4)10/h3-6,8-11H,1-2,7H2/t3?,4-,5+,6+/m1/s1. The molecule has 0 aromatic carbocycles. The van der Waals surface area contributed by atoms with E-state index in [0.29, 0.717) is 0 Å². The van der Waals surface area contributed by atoms with Gasteiger partial charge in [-0.3, -0.25) is 0 Å². The van der Waals surface area contributed by atoms with Gasteiger partial charge in [0.2, 0.25) is 0 Å². The van der Waals surface area contributed by atoms with Crippen LogP contribution < -0.4 is 5.23 Å². The lowest BCUT2D eigenvalue weighted by atomic mass is 10.1. The van der Waals surface area contributed by atoms with Crippen LogP contribution in [0.5, 0.6) is 0 Å². The first-order valence-corrected chi connectivity index (χ1v) is 4.36. The van der Waals surface area contributed by atoms with Crippen LogP contribution in [0.15, 0.2) is 0 Å². The highest BCUT2D eigenvalue weighted by Crippen LogP contribution is 2.29. The number of thiol groups is 1. The van der Waals surface area contributed by atoms with Crippen molar-refractivity contribution in [3.63, 3.8) is 0 Å². The van der Waals surface area contributed by atoms with E-state index < -0.39 is 6.10 Å². The summed E-state index contributed by atoms with van der Waals surface area (Å²) in [4.78, 5) is 0. The molecule has 0 aliphatic heterocycles. The highest BCUT2D eigenvalue weighted by atomic mass is 32.1. The van der Waals surface area contributed by atoms with Crippen LogP contribution in [0.4, 0.5) is 0 Å². The lowest BCUT2D eigenvalue weighted by Gasteiger charge is -2.15. The second-order valence-corrected chi connectivity index (χ2v) is 3.65. The summed E-state index contributed by atoms with van der Waals surface area (Å²) in [5.74, 6) is 0.130. The highest BCUT2D eigenvalue weighted by molar-refractivity contribution is 7.81. The SMILES string of the molecule is BN[C@@H]1CC(CO)[C@H](S)[C@H]1O. The van der Waals surface area contributed by atoms with Crippen molar-refractivity contribution in [3.8, 4) is 0 Å². The van der Waals surface area contributed by atoms with Gasteiger partial charge in [-0.25, -0.2) is 0 Å². The molecule has 4 atom stereocenters. The maximum Gasteiger partial charge on any atom is 0.182 e. The van der Waals surface area contributed by atoms with Crippen molar-refractivity contribution < 1.29 is 10.2 Å². The first kappa shape index (κ1) is 9.38. The summed E-state index contributed by atoms with van der Waals surface area (Å²) in [6.07, 6.45) is 0.378. The topological polar surface area (TPSA) is 52.5 Å². The second kappa shape index (κ2) is 3.80. The normalized spacial score (nSPS) is 44.6. The van der Waals surface area contributed by atoms with Crippen molar-refractivity contribution in [1.82, 2.24) is 5.23 Å². The monoisotopic (exact) mass is 175 g/mol. The molecular formula is C6H14BNO2S. The van der Waals surface area contributed by atoms with Crippen molar-refractivity contribution in [2.24, 2.45) is 5.92 Å². The van der Waals surface area contributed by atoms with Gasteiger partial charge in [0.05, 0.1) is 6.10 Å². The minimum atomic E-state index is -0.430. The molecule has 11 heavy (non-hydrogen) atoms. The maximum atomic E-state index is 9.51. The van der Waals surface area contributed by atoms with Crippen LogP contribution in [0.2, 0.25) is 0 Å². The first-order valence-electron chi connectivity index (χ1n) is 3.85. The molecule has 3 nitrogen and oxygen atoms in total. The van der Waals surface area contributed by atoms with Crippen molar-refractivity contribution in [2.75, 3.05) is 6.61 Å². The third-order valence-electron chi connectivity index (χ3n) is 2.41. The van der Waals surface area contributed by atoms with E-state index in [0.717, 1.165) is 6.42 Å². The Morgan fingerprint density at radius 1 is 1.64 bits per heavy atom. The van der Waals surface area contributed by atoms with Gasteiger partial charge in [0.15, 0.2) is 7.98 Å². The zero-order chi connectivity index (χ0) is 8.43. The molecule has 1 fully saturated rings. The summed E-state index contributed by atoms with van der Waals surface area (Å²) < 4.78 is 0. The Hall–Kier alpha value is 0.295. The van der Waals surface area contributed by atoms with Gasteiger partial charge in [0.1, 0.15) is 0 Å². The molecule has 3 N–H and O–H groups in total. The quantitative estimate of drug-likeness (QED) is 0.295. The number of rotatable bonds is 2. The van der Waals surface area contributed by atoms with Crippen LogP contribution >= 0.6 is 12.6 Å². The third kappa shape index (κ3) is 1.72. The van der Waals surface area contributed by atoms with E-state index in [1.165, 1.54) is 0 Å². The highest BCUT2D eigenvalue weighted by Gasteiger charge is 2.38. The van der Waals surface area contributed by atoms with Crippen LogP contribution in [0.3, 0.4) is 0 Å². The number of aliphatic hydroxyl groups is 2. The zero-order valence-corrected chi connectivity index (χ0v) is 7.46. The Balaban J connectivity index is 2.53. The fraction of sp³-hybridized carbons (Fsp3) is 1.00. The first-order chi connectivity index (χ1) is 5.20. The average molecular weight is 175 g/mol. The predicted octanol–water partition coefficient (Wildman–Crippen LogP) is -1.84. The Bertz CT molecular complexity index is 120. The van der Waals surface area contributed by atoms with Crippen LogP contribution in [0, 0.1) is 5.92 Å². The third-order valence-corrected chi connectivity index (χ3v) is 3.13. The molecule has 0 aromatic heterocycles. The van der Waals surface area contributed by atoms with E-state index in [9.17, 15) is 5.11 Å². The Kier molecular flexibility index (Phi) is 3.24. The molecule has 0 saturated heterocycles. The zero-order valence-electron chi connectivity index (χ0n) is 6.57. The van der Waals surface area contributed by atoms with E-state index in [1.54, 1.807) is 0 Å². The van der Waals surface area contributed by atoms with Gasteiger partial charge in [-0.1, -0.05) is 0 Å². The van der Waals surface area contributed by atoms with Crippen molar-refractivity contribution in [1.29, 1.82) is 0 Å². The minimum Gasteiger partial charge on any atom is -0.396 e. The molecular weight excluding hydrogens is 161 g/mol. The van der Waals surface area contributed by atoms with Gasteiger partial charge in [0.25, 0.3) is 0 Å². The van der Waals surface area contributed by atoms with Gasteiger partial charge in [-0.15, -0.1) is 0 Å². The number of hydrogen-bond donors (Lipinski definition) is 4. The predicted molar refractivity (Wildman–Crippen MR) is 49.4 cm³/mol. The second-order valence-electron chi connectivity index (χ2n) is 3.05. The number of nitrogens with one attached hydrogen (secondary N) is 1. The fourth-order valence-electron chi connectivity index (χ4n) is 1.59. The smallest absolute Gasteiger partial charge is 0.182 e. The van der Waals surface area contributed by atoms with Crippen molar-refractivity contribution in [2.45, 2.75) is 23.8 Å². The molecule has 64 valence electrons. The van der Waals surface area contributed by atoms with E-state index in [-0.39, 0.29) is 23.8 Å². The molecule has 0 spiro atoms. The molecule has 0 radical (unpaired) electrons. The Morgan fingerprint density at radius 2 is 2.27 bits per heavy atom.